The molecule has 164 valence electrons. The number of fused-ring (bicyclic) bond motifs is 2. The number of amides is 1. The maximum atomic E-state index is 14.6. The standard InChI is InChI=1S/C25H26FN5O/c1-18-15-30-16-20(13-23(26)25(30)27-18)19-5-3-6-21-7-8-22(17-31(21)24(32)14-19)29-10-4-9-28(2)11-12-29/h3,5-8,13-17H,4,9-12H2,1-2H3/b5-3+,19-14+,21-6+. The first-order valence-electron chi connectivity index (χ1n) is 10.9. The lowest BCUT2D eigenvalue weighted by Gasteiger charge is -2.30. The fourth-order valence-corrected chi connectivity index (χ4v) is 4.34. The van der Waals surface area contributed by atoms with E-state index in [1.807, 2.05) is 37.4 Å². The second-order valence-electron chi connectivity index (χ2n) is 8.48. The number of aryl methyl sites for hydroxylation is 1. The lowest BCUT2D eigenvalue weighted by Crippen LogP contribution is -2.32. The van der Waals surface area contributed by atoms with Crippen molar-refractivity contribution in [3.8, 4) is 0 Å². The van der Waals surface area contributed by atoms with E-state index in [9.17, 15) is 9.18 Å². The first kappa shape index (κ1) is 20.5. The molecule has 0 N–H and O–H groups in total. The zero-order chi connectivity index (χ0) is 22.2. The van der Waals surface area contributed by atoms with Crippen LogP contribution in [0, 0.1) is 12.7 Å². The summed E-state index contributed by atoms with van der Waals surface area (Å²) >= 11 is 0. The summed E-state index contributed by atoms with van der Waals surface area (Å²) in [6, 6.07) is 1.43. The fourth-order valence-electron chi connectivity index (χ4n) is 4.34. The average molecular weight is 432 g/mol. The minimum atomic E-state index is -0.412. The van der Waals surface area contributed by atoms with Crippen molar-refractivity contribution < 1.29 is 9.18 Å². The summed E-state index contributed by atoms with van der Waals surface area (Å²) in [4.78, 5) is 23.8. The van der Waals surface area contributed by atoms with E-state index in [-0.39, 0.29) is 11.6 Å². The lowest BCUT2D eigenvalue weighted by molar-refractivity contribution is -0.122. The Morgan fingerprint density at radius 1 is 1.03 bits per heavy atom. The molecule has 0 atom stereocenters. The van der Waals surface area contributed by atoms with Gasteiger partial charge >= 0.3 is 0 Å². The summed E-state index contributed by atoms with van der Waals surface area (Å²) in [5.74, 6) is -0.573. The van der Waals surface area contributed by atoms with Gasteiger partial charge in [-0.2, -0.15) is 0 Å². The second kappa shape index (κ2) is 8.24. The van der Waals surface area contributed by atoms with Crippen molar-refractivity contribution in [1.82, 2.24) is 24.1 Å². The third-order valence-electron chi connectivity index (χ3n) is 6.07. The smallest absolute Gasteiger partial charge is 0.255 e. The molecule has 7 heteroatoms. The second-order valence-corrected chi connectivity index (χ2v) is 8.48. The normalized spacial score (nSPS) is 24.1. The van der Waals surface area contributed by atoms with Crippen molar-refractivity contribution in [2.45, 2.75) is 13.3 Å². The van der Waals surface area contributed by atoms with Crippen LogP contribution in [0.15, 0.2) is 72.5 Å². The molecule has 5 heterocycles. The highest BCUT2D eigenvalue weighted by Gasteiger charge is 2.22. The van der Waals surface area contributed by atoms with Crippen molar-refractivity contribution >= 4 is 17.1 Å². The minimum Gasteiger partial charge on any atom is -0.369 e. The monoisotopic (exact) mass is 431 g/mol. The zero-order valence-electron chi connectivity index (χ0n) is 18.3. The van der Waals surface area contributed by atoms with Crippen molar-refractivity contribution in [1.29, 1.82) is 0 Å². The summed E-state index contributed by atoms with van der Waals surface area (Å²) in [5, 5.41) is 0. The van der Waals surface area contributed by atoms with Crippen molar-refractivity contribution in [3.05, 3.63) is 89.6 Å². The van der Waals surface area contributed by atoms with Crippen LogP contribution in [0.4, 0.5) is 4.39 Å². The van der Waals surface area contributed by atoms with E-state index in [0.29, 0.717) is 11.1 Å². The minimum absolute atomic E-state index is 0.160. The van der Waals surface area contributed by atoms with Gasteiger partial charge < -0.3 is 14.2 Å². The van der Waals surface area contributed by atoms with Crippen LogP contribution >= 0.6 is 0 Å². The molecule has 1 saturated heterocycles. The van der Waals surface area contributed by atoms with Crippen LogP contribution in [-0.4, -0.2) is 63.2 Å². The fraction of sp³-hybridized carbons (Fsp3) is 0.280. The van der Waals surface area contributed by atoms with Crippen LogP contribution in [0.3, 0.4) is 0 Å². The quantitative estimate of drug-likeness (QED) is 0.730. The molecule has 2 aromatic heterocycles. The van der Waals surface area contributed by atoms with Gasteiger partial charge in [-0.15, -0.1) is 0 Å². The summed E-state index contributed by atoms with van der Waals surface area (Å²) < 4.78 is 16.3. The van der Waals surface area contributed by atoms with Crippen LogP contribution in [0.5, 0.6) is 0 Å². The van der Waals surface area contributed by atoms with E-state index in [0.717, 1.165) is 49.7 Å². The number of allylic oxidation sites excluding steroid dienone is 6. The van der Waals surface area contributed by atoms with Crippen molar-refractivity contribution in [2.75, 3.05) is 33.2 Å². The van der Waals surface area contributed by atoms with E-state index in [1.54, 1.807) is 27.8 Å². The first-order chi connectivity index (χ1) is 15.5. The average Bonchev–Trinajstić information content (AvgIpc) is 3.01. The highest BCUT2D eigenvalue weighted by atomic mass is 19.1. The summed E-state index contributed by atoms with van der Waals surface area (Å²) in [6.45, 7) is 5.80. The largest absolute Gasteiger partial charge is 0.369 e. The molecule has 0 radical (unpaired) electrons. The van der Waals surface area contributed by atoms with Gasteiger partial charge in [0, 0.05) is 55.6 Å². The van der Waals surface area contributed by atoms with Crippen molar-refractivity contribution in [2.24, 2.45) is 0 Å². The summed E-state index contributed by atoms with van der Waals surface area (Å²) in [7, 11) is 2.14. The Morgan fingerprint density at radius 3 is 2.75 bits per heavy atom. The van der Waals surface area contributed by atoms with Gasteiger partial charge in [-0.25, -0.2) is 9.37 Å². The molecule has 1 amide bonds. The molecule has 0 saturated carbocycles. The van der Waals surface area contributed by atoms with E-state index >= 15 is 0 Å². The number of rotatable bonds is 2. The maximum absolute atomic E-state index is 14.6. The molecule has 0 aromatic carbocycles. The molecule has 0 aliphatic carbocycles. The number of aromatic nitrogens is 2. The molecule has 0 unspecified atom stereocenters. The van der Waals surface area contributed by atoms with Gasteiger partial charge in [-0.1, -0.05) is 12.2 Å². The first-order valence-corrected chi connectivity index (χ1v) is 10.9. The van der Waals surface area contributed by atoms with Crippen LogP contribution in [-0.2, 0) is 4.79 Å². The molecular formula is C25H26FN5O. The lowest BCUT2D eigenvalue weighted by atomic mass is 10.0. The molecule has 0 bridgehead atoms. The number of carbonyl (C=O) groups is 1. The van der Waals surface area contributed by atoms with Crippen LogP contribution in [0.2, 0.25) is 0 Å². The molecule has 3 aliphatic rings. The molecule has 6 nitrogen and oxygen atoms in total. The van der Waals surface area contributed by atoms with Gasteiger partial charge in [0.25, 0.3) is 5.91 Å². The molecular weight excluding hydrogens is 405 g/mol. The SMILES string of the molecule is Cc1cn2cc(C3=C\C(=O)N4C=C(N5CCCN(C)CC5)C=C\C4=C/C=C/3)cc(F)c2n1. The van der Waals surface area contributed by atoms with E-state index in [2.05, 4.69) is 27.9 Å². The number of hydrogen-bond donors (Lipinski definition) is 0. The number of imidazole rings is 1. The van der Waals surface area contributed by atoms with Crippen LogP contribution < -0.4 is 0 Å². The number of halogens is 1. The van der Waals surface area contributed by atoms with E-state index in [4.69, 9.17) is 0 Å². The number of nitrogens with zero attached hydrogens (tertiary/aromatic N) is 5. The Labute approximate surface area is 186 Å². The molecule has 5 rings (SSSR count). The third-order valence-corrected chi connectivity index (χ3v) is 6.07. The number of pyridine rings is 1. The molecule has 1 fully saturated rings. The van der Waals surface area contributed by atoms with Crippen molar-refractivity contribution in [3.63, 3.8) is 0 Å². The predicted molar refractivity (Wildman–Crippen MR) is 123 cm³/mol. The molecule has 3 aliphatic heterocycles. The summed E-state index contributed by atoms with van der Waals surface area (Å²) in [6.07, 6.45) is 17.8. The molecule has 2 aromatic rings. The van der Waals surface area contributed by atoms with Gasteiger partial charge in [0.15, 0.2) is 11.5 Å². The Kier molecular flexibility index (Phi) is 5.27. The van der Waals surface area contributed by atoms with Gasteiger partial charge in [0.2, 0.25) is 0 Å². The van der Waals surface area contributed by atoms with Gasteiger partial charge in [0.05, 0.1) is 11.4 Å². The number of likely N-dealkylation sites (N-methyl/N-ethyl adjacent to an activating group) is 1. The van der Waals surface area contributed by atoms with Gasteiger partial charge in [-0.05, 0) is 56.8 Å². The number of carbonyl (C=O) groups excluding carboxylic acids is 1. The topological polar surface area (TPSA) is 44.1 Å². The van der Waals surface area contributed by atoms with Gasteiger partial charge in [0.1, 0.15) is 0 Å². The van der Waals surface area contributed by atoms with E-state index < -0.39 is 5.82 Å². The Morgan fingerprint density at radius 2 is 1.88 bits per heavy atom. The van der Waals surface area contributed by atoms with Gasteiger partial charge in [-0.3, -0.25) is 9.69 Å². The molecule has 32 heavy (non-hydrogen) atoms. The highest BCUT2D eigenvalue weighted by molar-refractivity contribution is 5.99. The van der Waals surface area contributed by atoms with Crippen LogP contribution in [0.1, 0.15) is 17.7 Å². The molecule has 0 spiro atoms. The Balaban J connectivity index is 1.47. The zero-order valence-corrected chi connectivity index (χ0v) is 18.3. The number of hydrogen-bond acceptors (Lipinski definition) is 4. The third kappa shape index (κ3) is 3.91. The summed E-state index contributed by atoms with van der Waals surface area (Å²) in [5.41, 5.74) is 4.15. The van der Waals surface area contributed by atoms with Crippen LogP contribution in [0.25, 0.3) is 11.2 Å². The van der Waals surface area contributed by atoms with E-state index in [1.165, 1.54) is 6.07 Å². The predicted octanol–water partition coefficient (Wildman–Crippen LogP) is 3.50. The highest BCUT2D eigenvalue weighted by Crippen LogP contribution is 2.26. The maximum Gasteiger partial charge on any atom is 0.255 e. The Bertz CT molecular complexity index is 1230. The Hall–Kier alpha value is -3.45.